The predicted molar refractivity (Wildman–Crippen MR) is 80.2 cm³/mol. The van der Waals surface area contributed by atoms with Crippen molar-refractivity contribution < 1.29 is 0 Å². The van der Waals surface area contributed by atoms with Crippen molar-refractivity contribution in [2.45, 2.75) is 48.0 Å². The van der Waals surface area contributed by atoms with Gasteiger partial charge in [-0.3, -0.25) is 0 Å². The van der Waals surface area contributed by atoms with Gasteiger partial charge >= 0.3 is 0 Å². The molecule has 17 heavy (non-hydrogen) atoms. The van der Waals surface area contributed by atoms with Gasteiger partial charge in [0, 0.05) is 0 Å². The van der Waals surface area contributed by atoms with Gasteiger partial charge in [0.2, 0.25) is 0 Å². The second-order valence-electron chi connectivity index (χ2n) is 3.86. The topological polar surface area (TPSA) is 0 Å². The predicted octanol–water partition coefficient (Wildman–Crippen LogP) is 5.78. The van der Waals surface area contributed by atoms with Gasteiger partial charge in [0.25, 0.3) is 0 Å². The highest BCUT2D eigenvalue weighted by atomic mass is 14.1. The largest absolute Gasteiger partial charge is 0.0870 e. The number of allylic oxidation sites excluding steroid dienone is 4. The first-order valence-electron chi connectivity index (χ1n) is 6.59. The fourth-order valence-electron chi connectivity index (χ4n) is 1.69. The zero-order chi connectivity index (χ0) is 13.3. The Balaban J connectivity index is 0.00000121. The van der Waals surface area contributed by atoms with E-state index >= 15 is 0 Å². The van der Waals surface area contributed by atoms with E-state index in [-0.39, 0.29) is 0 Å². The van der Waals surface area contributed by atoms with Crippen LogP contribution in [0, 0.1) is 6.92 Å². The molecule has 1 aromatic carbocycles. The van der Waals surface area contributed by atoms with Crippen molar-refractivity contribution in [2.75, 3.05) is 0 Å². The molecule has 0 atom stereocenters. The molecule has 0 N–H and O–H groups in total. The standard InChI is InChI=1S/C15H20.C2H6/c1-5-9-14(12(3)6-2)15-11-8-7-10-13(15)4;1-2/h5,7-11H,6H2,1-4H3;1-2H3/b9-5-,14-12-;. The van der Waals surface area contributed by atoms with Crippen molar-refractivity contribution in [3.63, 3.8) is 0 Å². The third-order valence-corrected chi connectivity index (χ3v) is 2.76. The summed E-state index contributed by atoms with van der Waals surface area (Å²) < 4.78 is 0. The zero-order valence-corrected chi connectivity index (χ0v) is 12.2. The third-order valence-electron chi connectivity index (χ3n) is 2.76. The Morgan fingerprint density at radius 3 is 2.24 bits per heavy atom. The zero-order valence-electron chi connectivity index (χ0n) is 12.2. The lowest BCUT2D eigenvalue weighted by atomic mass is 9.95. The van der Waals surface area contributed by atoms with E-state index in [2.05, 4.69) is 64.1 Å². The minimum atomic E-state index is 1.11. The van der Waals surface area contributed by atoms with Gasteiger partial charge < -0.3 is 0 Å². The van der Waals surface area contributed by atoms with Gasteiger partial charge in [-0.15, -0.1) is 0 Å². The molecule has 0 aliphatic rings. The molecule has 94 valence electrons. The molecule has 0 fully saturated rings. The fourth-order valence-corrected chi connectivity index (χ4v) is 1.69. The van der Waals surface area contributed by atoms with Gasteiger partial charge in [0.05, 0.1) is 0 Å². The molecule has 0 aliphatic carbocycles. The fraction of sp³-hybridized carbons (Fsp3) is 0.412. The quantitative estimate of drug-likeness (QED) is 0.577. The maximum atomic E-state index is 2.21. The molecular formula is C17H26. The summed E-state index contributed by atoms with van der Waals surface area (Å²) in [6, 6.07) is 8.56. The molecule has 0 saturated heterocycles. The summed E-state index contributed by atoms with van der Waals surface area (Å²) >= 11 is 0. The molecule has 0 radical (unpaired) electrons. The highest BCUT2D eigenvalue weighted by molar-refractivity contribution is 5.78. The van der Waals surface area contributed by atoms with Crippen molar-refractivity contribution >= 4 is 5.57 Å². The van der Waals surface area contributed by atoms with Crippen LogP contribution >= 0.6 is 0 Å². The van der Waals surface area contributed by atoms with Crippen LogP contribution in [0.5, 0.6) is 0 Å². The molecule has 1 aromatic rings. The summed E-state index contributed by atoms with van der Waals surface area (Å²) in [6.07, 6.45) is 5.43. The molecule has 0 amide bonds. The van der Waals surface area contributed by atoms with Crippen LogP contribution in [0.25, 0.3) is 5.57 Å². The number of hydrogen-bond donors (Lipinski definition) is 0. The van der Waals surface area contributed by atoms with Gasteiger partial charge in [-0.05, 0) is 43.9 Å². The molecular weight excluding hydrogens is 204 g/mol. The summed E-state index contributed by atoms with van der Waals surface area (Å²) in [5, 5.41) is 0. The Bertz CT molecular complexity index is 381. The highest BCUT2D eigenvalue weighted by Gasteiger charge is 2.03. The average Bonchev–Trinajstić information content (AvgIpc) is 2.38. The Kier molecular flexibility index (Phi) is 8.13. The Morgan fingerprint density at radius 2 is 1.76 bits per heavy atom. The first kappa shape index (κ1) is 15.7. The number of hydrogen-bond acceptors (Lipinski definition) is 0. The average molecular weight is 230 g/mol. The second-order valence-corrected chi connectivity index (χ2v) is 3.86. The van der Waals surface area contributed by atoms with Crippen molar-refractivity contribution in [3.05, 3.63) is 53.1 Å². The number of benzene rings is 1. The first-order chi connectivity index (χ1) is 8.20. The van der Waals surface area contributed by atoms with Crippen LogP contribution in [-0.2, 0) is 0 Å². The lowest BCUT2D eigenvalue weighted by Crippen LogP contribution is -1.89. The van der Waals surface area contributed by atoms with E-state index in [0.717, 1.165) is 6.42 Å². The van der Waals surface area contributed by atoms with Crippen molar-refractivity contribution in [2.24, 2.45) is 0 Å². The van der Waals surface area contributed by atoms with Crippen LogP contribution in [0.3, 0.4) is 0 Å². The third kappa shape index (κ3) is 4.60. The monoisotopic (exact) mass is 230 g/mol. The van der Waals surface area contributed by atoms with Crippen LogP contribution in [0.4, 0.5) is 0 Å². The lowest BCUT2D eigenvalue weighted by Gasteiger charge is -2.10. The minimum absolute atomic E-state index is 1.11. The molecule has 1 rings (SSSR count). The van der Waals surface area contributed by atoms with E-state index in [1.165, 1.54) is 22.3 Å². The van der Waals surface area contributed by atoms with Crippen molar-refractivity contribution in [1.82, 2.24) is 0 Å². The van der Waals surface area contributed by atoms with E-state index in [4.69, 9.17) is 0 Å². The van der Waals surface area contributed by atoms with Crippen molar-refractivity contribution in [1.29, 1.82) is 0 Å². The number of rotatable bonds is 3. The lowest BCUT2D eigenvalue weighted by molar-refractivity contribution is 1.10. The van der Waals surface area contributed by atoms with Gasteiger partial charge in [-0.2, -0.15) is 0 Å². The number of aryl methyl sites for hydroxylation is 1. The summed E-state index contributed by atoms with van der Waals surface area (Å²) in [6.45, 7) is 12.7. The molecule has 0 heterocycles. The molecule has 0 aliphatic heterocycles. The Morgan fingerprint density at radius 1 is 1.18 bits per heavy atom. The van der Waals surface area contributed by atoms with Crippen LogP contribution in [0.1, 0.15) is 52.2 Å². The molecule has 0 saturated carbocycles. The summed E-state index contributed by atoms with van der Waals surface area (Å²) in [5.74, 6) is 0. The van der Waals surface area contributed by atoms with E-state index in [1.54, 1.807) is 0 Å². The Hall–Kier alpha value is -1.30. The van der Waals surface area contributed by atoms with Gasteiger partial charge in [0.15, 0.2) is 0 Å². The highest BCUT2D eigenvalue weighted by Crippen LogP contribution is 2.24. The normalized spacial score (nSPS) is 11.9. The molecule has 0 unspecified atom stereocenters. The smallest absolute Gasteiger partial charge is 0.0155 e. The van der Waals surface area contributed by atoms with Gasteiger partial charge in [-0.25, -0.2) is 0 Å². The maximum Gasteiger partial charge on any atom is -0.0155 e. The maximum absolute atomic E-state index is 2.21. The Labute approximate surface area is 107 Å². The van der Waals surface area contributed by atoms with Crippen LogP contribution in [0.15, 0.2) is 42.0 Å². The molecule has 0 aromatic heterocycles. The first-order valence-corrected chi connectivity index (χ1v) is 6.59. The van der Waals surface area contributed by atoms with E-state index < -0.39 is 0 Å². The van der Waals surface area contributed by atoms with Crippen LogP contribution < -0.4 is 0 Å². The minimum Gasteiger partial charge on any atom is -0.0870 e. The molecule has 0 heteroatoms. The summed E-state index contributed by atoms with van der Waals surface area (Å²) in [4.78, 5) is 0. The molecule has 0 bridgehead atoms. The van der Waals surface area contributed by atoms with E-state index in [1.807, 2.05) is 13.8 Å². The van der Waals surface area contributed by atoms with Crippen LogP contribution in [0.2, 0.25) is 0 Å². The van der Waals surface area contributed by atoms with Crippen LogP contribution in [-0.4, -0.2) is 0 Å². The van der Waals surface area contributed by atoms with E-state index in [0.29, 0.717) is 0 Å². The van der Waals surface area contributed by atoms with Crippen molar-refractivity contribution in [3.8, 4) is 0 Å². The second kappa shape index (κ2) is 8.81. The summed E-state index contributed by atoms with van der Waals surface area (Å²) in [7, 11) is 0. The van der Waals surface area contributed by atoms with Gasteiger partial charge in [0.1, 0.15) is 0 Å². The summed E-state index contributed by atoms with van der Waals surface area (Å²) in [5.41, 5.74) is 5.52. The molecule has 0 nitrogen and oxygen atoms in total. The van der Waals surface area contributed by atoms with Gasteiger partial charge in [-0.1, -0.05) is 62.8 Å². The SMILES string of the molecule is C/C=C\C(=C(/C)CC)c1ccccc1C.CC. The molecule has 0 spiro atoms. The van der Waals surface area contributed by atoms with E-state index in [9.17, 15) is 0 Å².